The van der Waals surface area contributed by atoms with Gasteiger partial charge in [0, 0.05) is 45.7 Å². The maximum atomic E-state index is 12.2. The van der Waals surface area contributed by atoms with Crippen molar-refractivity contribution in [3.8, 4) is 11.8 Å². The Hall–Kier alpha value is 3.06. The van der Waals surface area contributed by atoms with Gasteiger partial charge >= 0.3 is 135 Å². The number of rotatable bonds is 5. The molecule has 0 aliphatic carbocycles. The molecule has 1 aliphatic rings. The summed E-state index contributed by atoms with van der Waals surface area (Å²) >= 11 is 20.5. The number of pyridine rings is 3. The summed E-state index contributed by atoms with van der Waals surface area (Å²) in [6, 6.07) is 9.28. The van der Waals surface area contributed by atoms with E-state index in [0.717, 1.165) is 4.47 Å². The fraction of sp³-hybridized carbons (Fsp3) is 0.375. The Morgan fingerprint density at radius 1 is 0.851 bits per heavy atom. The predicted octanol–water partition coefficient (Wildman–Crippen LogP) is 11.0. The number of nitrogens with zero attached hydrogens (tertiary/aromatic N) is 2. The van der Waals surface area contributed by atoms with Crippen molar-refractivity contribution in [1.29, 1.82) is 0 Å². The number of alkyl halides is 5. The van der Waals surface area contributed by atoms with Crippen LogP contribution in [0.25, 0.3) is 0 Å². The molecule has 0 aromatic carbocycles. The Morgan fingerprint density at radius 2 is 1.26 bits per heavy atom. The summed E-state index contributed by atoms with van der Waals surface area (Å²) in [4.78, 5) is 21.8. The van der Waals surface area contributed by atoms with E-state index in [0.29, 0.717) is 19.4 Å². The van der Waals surface area contributed by atoms with E-state index < -0.39 is 31.5 Å². The molecule has 265 valence electrons. The first-order chi connectivity index (χ1) is 21.8. The normalized spacial score (nSPS) is 13.6. The van der Waals surface area contributed by atoms with Crippen LogP contribution < -0.4 is 20.5 Å². The quantitative estimate of drug-likeness (QED) is 0.118. The molecule has 4 rings (SSSR count). The van der Waals surface area contributed by atoms with E-state index in [1.54, 1.807) is 24.4 Å². The van der Waals surface area contributed by atoms with Crippen LogP contribution in [0.15, 0.2) is 68.7 Å². The van der Waals surface area contributed by atoms with Gasteiger partial charge in [0.1, 0.15) is 0 Å². The van der Waals surface area contributed by atoms with Crippen LogP contribution in [0, 0.1) is 0 Å². The van der Waals surface area contributed by atoms with Crippen LogP contribution in [0.4, 0.5) is 17.6 Å². The Balaban J connectivity index is 0. The molecule has 0 radical (unpaired) electrons. The van der Waals surface area contributed by atoms with E-state index in [1.165, 1.54) is 30.6 Å². The molecular weight excluding hydrogens is 1520 g/mol. The van der Waals surface area contributed by atoms with Gasteiger partial charge in [-0.15, -0.1) is 0 Å². The summed E-state index contributed by atoms with van der Waals surface area (Å²) in [5.74, 6) is -0.239. The average Bonchev–Trinajstić information content (AvgIpc) is 3.16. The SMILES string of the molecule is CC1(C)OB(c2ccnc(OC(F)F)c2)OC1(C)C.CI.FC(F)Oc1cc(Br)ccn1.O=c1cc(Br)cc[nH]1.[I][V]([I])[I].[I][V][I]. The maximum absolute atomic E-state index is 12.2. The summed E-state index contributed by atoms with van der Waals surface area (Å²) in [6.07, 6.45) is 4.35. The number of ether oxygens (including phenoxy) is 2. The third-order valence-electron chi connectivity index (χ3n) is 5.14. The van der Waals surface area contributed by atoms with Crippen LogP contribution in [0.5, 0.6) is 11.8 Å². The second-order valence-electron chi connectivity index (χ2n) is 8.71. The summed E-state index contributed by atoms with van der Waals surface area (Å²) in [7, 11) is 0.00993. The summed E-state index contributed by atoms with van der Waals surface area (Å²) in [5.41, 5.74) is -0.446. The fourth-order valence-corrected chi connectivity index (χ4v) is 3.32. The van der Waals surface area contributed by atoms with Crippen molar-refractivity contribution in [2.24, 2.45) is 0 Å². The van der Waals surface area contributed by atoms with Gasteiger partial charge in [-0.1, -0.05) is 54.5 Å². The van der Waals surface area contributed by atoms with Gasteiger partial charge in [0.25, 0.3) is 0 Å². The molecule has 3 aromatic rings. The van der Waals surface area contributed by atoms with Crippen molar-refractivity contribution >= 4 is 167 Å². The standard InChI is InChI=1S/C12H16BF2NO3.C6H4BrF2NO.C5H4BrNO.CH3I.5HI.2V/c1-11(2)12(3,4)19-13(18-11)8-5-6-16-9(7-8)17-10(14)15;7-4-1-2-10-5(3-4)11-6(8)9;6-4-1-2-7-5(8)3-4;1-2;;;;;;;/h5-7,10H,1-4H3;1-3,6H;1-3H,(H,7,8);1H3;5*1H;;/q;;;;;;;;;+2;+3/p-5. The molecule has 1 fully saturated rings. The molecular formula is C24H27BBr2F4I6N3O5V2. The van der Waals surface area contributed by atoms with E-state index in [9.17, 15) is 22.4 Å². The van der Waals surface area contributed by atoms with Crippen LogP contribution in [0.3, 0.4) is 0 Å². The first-order valence-electron chi connectivity index (χ1n) is 12.1. The van der Waals surface area contributed by atoms with Crippen molar-refractivity contribution in [3.05, 3.63) is 74.3 Å². The van der Waals surface area contributed by atoms with Gasteiger partial charge in [-0.05, 0) is 56.3 Å². The third kappa shape index (κ3) is 26.5. The Kier molecular flexibility index (Phi) is 32.7. The molecule has 0 unspecified atom stereocenters. The third-order valence-corrected chi connectivity index (χ3v) is 6.12. The molecule has 0 amide bonds. The summed E-state index contributed by atoms with van der Waals surface area (Å²) in [6.45, 7) is 1.96. The van der Waals surface area contributed by atoms with Gasteiger partial charge in [0.2, 0.25) is 17.3 Å². The molecule has 0 atom stereocenters. The predicted molar refractivity (Wildman–Crippen MR) is 230 cm³/mol. The Morgan fingerprint density at radius 3 is 1.62 bits per heavy atom. The molecule has 8 nitrogen and oxygen atoms in total. The Labute approximate surface area is 369 Å². The average molecular weight is 1550 g/mol. The molecule has 1 saturated heterocycles. The molecule has 23 heteroatoms. The van der Waals surface area contributed by atoms with Crippen LogP contribution in [0.2, 0.25) is 0 Å². The molecule has 4 heterocycles. The van der Waals surface area contributed by atoms with Gasteiger partial charge in [-0.2, -0.15) is 17.6 Å². The minimum absolute atomic E-state index is 0.0839. The molecule has 0 bridgehead atoms. The summed E-state index contributed by atoms with van der Waals surface area (Å²) in [5, 5.41) is 0. The number of hydrogen-bond donors (Lipinski definition) is 1. The summed E-state index contributed by atoms with van der Waals surface area (Å²) < 4.78 is 68.8. The monoisotopic (exact) mass is 1550 g/mol. The number of H-pyrrole nitrogens is 1. The first-order valence-corrected chi connectivity index (χ1v) is 38.4. The molecule has 1 aliphatic heterocycles. The van der Waals surface area contributed by atoms with E-state index in [-0.39, 0.29) is 22.2 Å². The molecule has 47 heavy (non-hydrogen) atoms. The van der Waals surface area contributed by atoms with Gasteiger partial charge < -0.3 is 23.8 Å². The van der Waals surface area contributed by atoms with Crippen LogP contribution in [-0.4, -0.2) is 51.4 Å². The van der Waals surface area contributed by atoms with Crippen molar-refractivity contribution in [1.82, 2.24) is 15.0 Å². The zero-order chi connectivity index (χ0) is 36.8. The molecule has 0 spiro atoms. The van der Waals surface area contributed by atoms with E-state index >= 15 is 0 Å². The number of aromatic amines is 1. The number of halogens is 12. The zero-order valence-corrected chi connectivity index (χ0v) is 43.7. The molecule has 0 saturated carbocycles. The van der Waals surface area contributed by atoms with Gasteiger partial charge in [-0.25, -0.2) is 9.97 Å². The van der Waals surface area contributed by atoms with Gasteiger partial charge in [-0.3, -0.25) is 4.79 Å². The second-order valence-corrected chi connectivity index (χ2v) is 57.7. The van der Waals surface area contributed by atoms with Crippen LogP contribution in [-0.2, 0) is 23.7 Å². The van der Waals surface area contributed by atoms with Gasteiger partial charge in [0.05, 0.1) is 11.2 Å². The minimum atomic E-state index is -2.90. The van der Waals surface area contributed by atoms with E-state index in [2.05, 4.69) is 179 Å². The number of nitrogens with one attached hydrogen (secondary N) is 1. The van der Waals surface area contributed by atoms with E-state index in [4.69, 9.17) is 9.31 Å². The topological polar surface area (TPSA) is 95.6 Å². The zero-order valence-electron chi connectivity index (χ0n) is 24.8. The van der Waals surface area contributed by atoms with Crippen molar-refractivity contribution in [2.45, 2.75) is 52.1 Å². The van der Waals surface area contributed by atoms with Crippen molar-refractivity contribution in [2.75, 3.05) is 4.93 Å². The van der Waals surface area contributed by atoms with Crippen molar-refractivity contribution < 1.29 is 50.7 Å². The van der Waals surface area contributed by atoms with Crippen molar-refractivity contribution in [3.63, 3.8) is 0 Å². The molecule has 3 aromatic heterocycles. The Bertz CT molecular complexity index is 1320. The number of hydrogen-bond acceptors (Lipinski definition) is 7. The number of aromatic nitrogens is 3. The first kappa shape index (κ1) is 52.2. The van der Waals surface area contributed by atoms with Crippen LogP contribution >= 0.6 is 154 Å². The van der Waals surface area contributed by atoms with E-state index in [1.807, 2.05) is 32.6 Å². The van der Waals surface area contributed by atoms with Gasteiger partial charge in [0.15, 0.2) is 0 Å². The fourth-order valence-electron chi connectivity index (χ4n) is 2.67. The molecule has 1 N–H and O–H groups in total. The van der Waals surface area contributed by atoms with Crippen LogP contribution in [0.1, 0.15) is 27.7 Å². The second kappa shape index (κ2) is 29.4.